The van der Waals surface area contributed by atoms with Gasteiger partial charge in [0.25, 0.3) is 0 Å². The van der Waals surface area contributed by atoms with E-state index in [0.29, 0.717) is 19.4 Å². The van der Waals surface area contributed by atoms with E-state index >= 15 is 0 Å². The molecular weight excluding hydrogens is 789 g/mol. The molecule has 0 rings (SSSR count). The molecule has 0 aliphatic carbocycles. The molecule has 5 heteroatoms. The van der Waals surface area contributed by atoms with E-state index < -0.39 is 6.10 Å². The molecule has 0 aromatic rings. The van der Waals surface area contributed by atoms with E-state index in [2.05, 4.69) is 124 Å². The molecule has 0 amide bonds. The third-order valence-corrected chi connectivity index (χ3v) is 10.8. The van der Waals surface area contributed by atoms with Crippen LogP contribution in [0.25, 0.3) is 0 Å². The third kappa shape index (κ3) is 51.2. The van der Waals surface area contributed by atoms with E-state index in [0.717, 1.165) is 89.9 Å². The third-order valence-electron chi connectivity index (χ3n) is 10.8. The highest BCUT2D eigenvalue weighted by Gasteiger charge is 2.17. The van der Waals surface area contributed by atoms with Crippen molar-refractivity contribution in [1.29, 1.82) is 0 Å². The Balaban J connectivity index is 4.41. The monoisotopic (exact) mass is 887 g/mol. The van der Waals surface area contributed by atoms with Gasteiger partial charge < -0.3 is 14.2 Å². The van der Waals surface area contributed by atoms with E-state index in [4.69, 9.17) is 14.2 Å². The van der Waals surface area contributed by atoms with Crippen LogP contribution >= 0.6 is 0 Å². The van der Waals surface area contributed by atoms with Gasteiger partial charge in [0.05, 0.1) is 6.61 Å². The maximum absolute atomic E-state index is 12.8. The SMILES string of the molecule is CC/C=C\C/C=C\C/C=C\C/C=C\C/C=C\CCCCOCC(COC(=O)CCCCCCCCCCCCCCCCCCC)OC(=O)CC/C=C\C/C=C\C/C=C\C/C=C\CC. The van der Waals surface area contributed by atoms with Gasteiger partial charge in [-0.3, -0.25) is 9.59 Å². The van der Waals surface area contributed by atoms with Crippen LogP contribution in [0.4, 0.5) is 0 Å². The Morgan fingerprint density at radius 2 is 0.734 bits per heavy atom. The van der Waals surface area contributed by atoms with Gasteiger partial charge in [-0.1, -0.05) is 233 Å². The molecular formula is C59H98O5. The predicted octanol–water partition coefficient (Wildman–Crippen LogP) is 18.0. The van der Waals surface area contributed by atoms with Crippen molar-refractivity contribution in [2.45, 2.75) is 232 Å². The van der Waals surface area contributed by atoms with E-state index in [9.17, 15) is 9.59 Å². The summed E-state index contributed by atoms with van der Waals surface area (Å²) in [7, 11) is 0. The molecule has 0 aliphatic rings. The van der Waals surface area contributed by atoms with Crippen LogP contribution in [0.15, 0.2) is 109 Å². The van der Waals surface area contributed by atoms with Gasteiger partial charge in [-0.2, -0.15) is 0 Å². The van der Waals surface area contributed by atoms with Crippen molar-refractivity contribution in [3.8, 4) is 0 Å². The topological polar surface area (TPSA) is 61.8 Å². The maximum atomic E-state index is 12.8. The van der Waals surface area contributed by atoms with Crippen molar-refractivity contribution in [2.24, 2.45) is 0 Å². The summed E-state index contributed by atoms with van der Waals surface area (Å²) in [5.41, 5.74) is 0. The van der Waals surface area contributed by atoms with Gasteiger partial charge in [0.1, 0.15) is 6.61 Å². The molecule has 0 saturated heterocycles. The lowest BCUT2D eigenvalue weighted by molar-refractivity contribution is -0.162. The van der Waals surface area contributed by atoms with Gasteiger partial charge in [-0.05, 0) is 89.9 Å². The number of hydrogen-bond donors (Lipinski definition) is 0. The first kappa shape index (κ1) is 60.6. The fraction of sp³-hybridized carbons (Fsp3) is 0.661. The number of carbonyl (C=O) groups excluding carboxylic acids is 2. The van der Waals surface area contributed by atoms with Crippen LogP contribution < -0.4 is 0 Å². The lowest BCUT2D eigenvalue weighted by Crippen LogP contribution is -2.30. The molecule has 0 aromatic heterocycles. The van der Waals surface area contributed by atoms with Gasteiger partial charge in [0.15, 0.2) is 6.10 Å². The summed E-state index contributed by atoms with van der Waals surface area (Å²) < 4.78 is 17.3. The molecule has 1 atom stereocenters. The zero-order valence-corrected chi connectivity index (χ0v) is 41.8. The molecule has 0 fully saturated rings. The van der Waals surface area contributed by atoms with Crippen LogP contribution in [0.5, 0.6) is 0 Å². The summed E-state index contributed by atoms with van der Waals surface area (Å²) in [5.74, 6) is -0.516. The molecule has 0 aromatic carbocycles. The highest BCUT2D eigenvalue weighted by molar-refractivity contribution is 5.70. The standard InChI is InChI=1S/C59H98O5/c1-4-7-10-13-16-19-22-25-27-29-31-33-36-39-42-45-48-51-54-62-55-57(64-59(61)53-50-47-44-41-38-34-24-21-18-15-12-9-6-3)56-63-58(60)52-49-46-43-40-37-35-32-30-28-26-23-20-17-14-11-8-5-2/h7,9-10,12,16,18-19,21,25,27,31,33-34,38-39,42,44,47,57H,4-6,8,11,13-15,17,20,22-24,26,28-30,32,35-37,40-41,43,45-46,48-56H2,1-3H3/b10-7-,12-9-,19-16-,21-18-,27-25-,33-31-,38-34-,42-39-,47-44-. The van der Waals surface area contributed by atoms with Gasteiger partial charge in [-0.15, -0.1) is 0 Å². The zero-order valence-electron chi connectivity index (χ0n) is 41.8. The molecule has 0 spiro atoms. The van der Waals surface area contributed by atoms with Crippen molar-refractivity contribution in [1.82, 2.24) is 0 Å². The second-order valence-electron chi connectivity index (χ2n) is 17.0. The Labute approximate surface area is 395 Å². The normalized spacial score (nSPS) is 13.1. The molecule has 0 radical (unpaired) electrons. The fourth-order valence-electron chi connectivity index (χ4n) is 6.96. The van der Waals surface area contributed by atoms with Crippen LogP contribution in [0.2, 0.25) is 0 Å². The molecule has 0 bridgehead atoms. The predicted molar refractivity (Wildman–Crippen MR) is 279 cm³/mol. The fourth-order valence-corrected chi connectivity index (χ4v) is 6.96. The minimum atomic E-state index is -0.601. The molecule has 364 valence electrons. The van der Waals surface area contributed by atoms with Crippen molar-refractivity contribution >= 4 is 11.9 Å². The lowest BCUT2D eigenvalue weighted by atomic mass is 10.0. The van der Waals surface area contributed by atoms with Crippen LogP contribution in [0.3, 0.4) is 0 Å². The highest BCUT2D eigenvalue weighted by atomic mass is 16.6. The molecule has 0 N–H and O–H groups in total. The van der Waals surface area contributed by atoms with Crippen LogP contribution in [0.1, 0.15) is 226 Å². The first-order valence-corrected chi connectivity index (χ1v) is 26.4. The second-order valence-corrected chi connectivity index (χ2v) is 17.0. The summed E-state index contributed by atoms with van der Waals surface area (Å²) in [5, 5.41) is 0. The average molecular weight is 887 g/mol. The molecule has 5 nitrogen and oxygen atoms in total. The summed E-state index contributed by atoms with van der Waals surface area (Å²) in [6, 6.07) is 0. The number of ether oxygens (including phenoxy) is 3. The Morgan fingerprint density at radius 3 is 1.16 bits per heavy atom. The lowest BCUT2D eigenvalue weighted by Gasteiger charge is -2.18. The largest absolute Gasteiger partial charge is 0.462 e. The van der Waals surface area contributed by atoms with Crippen LogP contribution in [-0.2, 0) is 23.8 Å². The van der Waals surface area contributed by atoms with Gasteiger partial charge in [0.2, 0.25) is 0 Å². The first-order valence-electron chi connectivity index (χ1n) is 26.4. The Morgan fingerprint density at radius 1 is 0.359 bits per heavy atom. The Hall–Kier alpha value is -3.44. The molecule has 0 heterocycles. The summed E-state index contributed by atoms with van der Waals surface area (Å²) in [6.07, 6.45) is 74.1. The molecule has 0 saturated carbocycles. The Bertz CT molecular complexity index is 1280. The van der Waals surface area contributed by atoms with Crippen LogP contribution in [0, 0.1) is 0 Å². The average Bonchev–Trinajstić information content (AvgIpc) is 3.30. The smallest absolute Gasteiger partial charge is 0.306 e. The van der Waals surface area contributed by atoms with Crippen LogP contribution in [-0.4, -0.2) is 37.9 Å². The number of rotatable bonds is 47. The van der Waals surface area contributed by atoms with Crippen molar-refractivity contribution in [2.75, 3.05) is 19.8 Å². The minimum Gasteiger partial charge on any atom is -0.462 e. The number of hydrogen-bond acceptors (Lipinski definition) is 5. The summed E-state index contributed by atoms with van der Waals surface area (Å²) in [6.45, 7) is 7.42. The van der Waals surface area contributed by atoms with Crippen molar-refractivity contribution in [3.05, 3.63) is 109 Å². The minimum absolute atomic E-state index is 0.0353. The molecule has 64 heavy (non-hydrogen) atoms. The number of esters is 2. The summed E-state index contributed by atoms with van der Waals surface area (Å²) >= 11 is 0. The molecule has 1 unspecified atom stereocenters. The van der Waals surface area contributed by atoms with E-state index in [1.165, 1.54) is 96.3 Å². The van der Waals surface area contributed by atoms with Crippen molar-refractivity contribution < 1.29 is 23.8 Å². The number of carbonyl (C=O) groups is 2. The van der Waals surface area contributed by atoms with Crippen molar-refractivity contribution in [3.63, 3.8) is 0 Å². The highest BCUT2D eigenvalue weighted by Crippen LogP contribution is 2.15. The summed E-state index contributed by atoms with van der Waals surface area (Å²) in [4.78, 5) is 25.4. The van der Waals surface area contributed by atoms with Gasteiger partial charge >= 0.3 is 11.9 Å². The maximum Gasteiger partial charge on any atom is 0.306 e. The van der Waals surface area contributed by atoms with E-state index in [-0.39, 0.29) is 31.6 Å². The number of allylic oxidation sites excluding steroid dienone is 18. The first-order chi connectivity index (χ1) is 31.6. The van der Waals surface area contributed by atoms with Gasteiger partial charge in [0, 0.05) is 19.4 Å². The second kappa shape index (κ2) is 53.9. The number of unbranched alkanes of at least 4 members (excludes halogenated alkanes) is 18. The zero-order chi connectivity index (χ0) is 46.3. The molecule has 0 aliphatic heterocycles. The quantitative estimate of drug-likeness (QED) is 0.0346. The van der Waals surface area contributed by atoms with Gasteiger partial charge in [-0.25, -0.2) is 0 Å². The van der Waals surface area contributed by atoms with E-state index in [1.54, 1.807) is 0 Å². The van der Waals surface area contributed by atoms with E-state index in [1.807, 2.05) is 6.08 Å². The Kier molecular flexibility index (Phi) is 51.0.